The van der Waals surface area contributed by atoms with Gasteiger partial charge in [0.05, 0.1) is 0 Å². The van der Waals surface area contributed by atoms with Crippen molar-refractivity contribution in [1.29, 1.82) is 0 Å². The quantitative estimate of drug-likeness (QED) is 0.732. The minimum absolute atomic E-state index is 0.243. The second-order valence-electron chi connectivity index (χ2n) is 3.94. The van der Waals surface area contributed by atoms with Crippen LogP contribution in [0.25, 0.3) is 11.1 Å². The molecule has 2 aromatic rings. The monoisotopic (exact) mass is 247 g/mol. The highest BCUT2D eigenvalue weighted by molar-refractivity contribution is 6.30. The summed E-state index contributed by atoms with van der Waals surface area (Å²) in [6.07, 6.45) is 0.647. The van der Waals surface area contributed by atoms with Crippen molar-refractivity contribution in [3.8, 4) is 16.9 Å². The van der Waals surface area contributed by atoms with Gasteiger partial charge in [0.2, 0.25) is 0 Å². The van der Waals surface area contributed by atoms with Gasteiger partial charge in [-0.3, -0.25) is 0 Å². The van der Waals surface area contributed by atoms with E-state index in [4.69, 9.17) is 16.3 Å². The van der Waals surface area contributed by atoms with Crippen LogP contribution in [0.4, 0.5) is 4.39 Å². The van der Waals surface area contributed by atoms with Crippen LogP contribution in [0, 0.1) is 12.4 Å². The number of halogens is 2. The second kappa shape index (κ2) is 4.04. The molecule has 0 N–H and O–H groups in total. The molecule has 1 aliphatic rings. The molecule has 85 valence electrons. The Morgan fingerprint density at radius 3 is 2.65 bits per heavy atom. The van der Waals surface area contributed by atoms with E-state index in [1.165, 1.54) is 12.1 Å². The molecule has 17 heavy (non-hydrogen) atoms. The van der Waals surface area contributed by atoms with E-state index in [0.717, 1.165) is 22.4 Å². The Morgan fingerprint density at radius 1 is 1.12 bits per heavy atom. The fourth-order valence-electron chi connectivity index (χ4n) is 2.00. The van der Waals surface area contributed by atoms with Gasteiger partial charge < -0.3 is 4.74 Å². The van der Waals surface area contributed by atoms with E-state index in [2.05, 4.69) is 0 Å². The highest BCUT2D eigenvalue weighted by Gasteiger charge is 2.19. The van der Waals surface area contributed by atoms with Gasteiger partial charge in [0, 0.05) is 22.6 Å². The summed E-state index contributed by atoms with van der Waals surface area (Å²) in [5.41, 5.74) is 2.56. The Morgan fingerprint density at radius 2 is 1.88 bits per heavy atom. The average Bonchev–Trinajstić information content (AvgIpc) is 2.77. The summed E-state index contributed by atoms with van der Waals surface area (Å²) in [4.78, 5) is 0. The van der Waals surface area contributed by atoms with Crippen LogP contribution in [-0.2, 0) is 6.42 Å². The van der Waals surface area contributed by atoms with Crippen LogP contribution in [0.5, 0.6) is 5.75 Å². The van der Waals surface area contributed by atoms with Gasteiger partial charge in [-0.15, -0.1) is 0 Å². The lowest BCUT2D eigenvalue weighted by Crippen LogP contribution is -1.87. The Balaban J connectivity index is 2.17. The fraction of sp³-hybridized carbons (Fsp3) is 0.0714. The summed E-state index contributed by atoms with van der Waals surface area (Å²) in [5.74, 6) is 0.501. The van der Waals surface area contributed by atoms with Crippen molar-refractivity contribution in [1.82, 2.24) is 0 Å². The van der Waals surface area contributed by atoms with Crippen LogP contribution in [0.1, 0.15) is 5.56 Å². The van der Waals surface area contributed by atoms with Crippen LogP contribution >= 0.6 is 11.6 Å². The normalized spacial score (nSPS) is 13.3. The Labute approximate surface area is 104 Å². The number of hydrogen-bond donors (Lipinski definition) is 0. The zero-order chi connectivity index (χ0) is 11.8. The van der Waals surface area contributed by atoms with Crippen LogP contribution < -0.4 is 4.74 Å². The molecule has 0 atom stereocenters. The van der Waals surface area contributed by atoms with E-state index in [0.29, 0.717) is 11.4 Å². The first kappa shape index (κ1) is 10.6. The van der Waals surface area contributed by atoms with Gasteiger partial charge in [0.1, 0.15) is 18.2 Å². The third-order valence-electron chi connectivity index (χ3n) is 2.79. The van der Waals surface area contributed by atoms with Crippen molar-refractivity contribution >= 4 is 11.6 Å². The largest absolute Gasteiger partial charge is 0.485 e. The maximum atomic E-state index is 13.5. The average molecular weight is 248 g/mol. The molecule has 0 spiro atoms. The van der Waals surface area contributed by atoms with Gasteiger partial charge in [-0.2, -0.15) is 0 Å². The zero-order valence-corrected chi connectivity index (χ0v) is 9.67. The molecule has 0 fully saturated rings. The molecule has 0 bridgehead atoms. The fourth-order valence-corrected chi connectivity index (χ4v) is 2.13. The molecule has 3 heteroatoms. The van der Waals surface area contributed by atoms with Crippen molar-refractivity contribution in [2.45, 2.75) is 6.42 Å². The molecular formula is C14H9ClFO. The van der Waals surface area contributed by atoms with Gasteiger partial charge in [0.15, 0.2) is 0 Å². The van der Waals surface area contributed by atoms with Crippen LogP contribution in [0.3, 0.4) is 0 Å². The van der Waals surface area contributed by atoms with E-state index in [1.807, 2.05) is 12.1 Å². The summed E-state index contributed by atoms with van der Waals surface area (Å²) in [6, 6.07) is 10.3. The highest BCUT2D eigenvalue weighted by Crippen LogP contribution is 2.38. The Bertz CT molecular complexity index is 563. The van der Waals surface area contributed by atoms with Crippen molar-refractivity contribution < 1.29 is 9.13 Å². The molecule has 3 rings (SSSR count). The SMILES string of the molecule is Fc1cc2c(c(-c3ccc(Cl)cc3)c1)O[CH]C2. The summed E-state index contributed by atoms with van der Waals surface area (Å²) < 4.78 is 18.9. The summed E-state index contributed by atoms with van der Waals surface area (Å²) in [6.45, 7) is 1.68. The topological polar surface area (TPSA) is 9.23 Å². The smallest absolute Gasteiger partial charge is 0.140 e. The molecule has 0 saturated heterocycles. The van der Waals surface area contributed by atoms with E-state index >= 15 is 0 Å². The molecule has 0 aliphatic carbocycles. The number of rotatable bonds is 1. The molecule has 1 radical (unpaired) electrons. The van der Waals surface area contributed by atoms with Gasteiger partial charge in [-0.1, -0.05) is 23.7 Å². The first-order valence-electron chi connectivity index (χ1n) is 5.31. The number of benzene rings is 2. The molecular weight excluding hydrogens is 239 g/mol. The predicted molar refractivity (Wildman–Crippen MR) is 65.5 cm³/mol. The van der Waals surface area contributed by atoms with Crippen LogP contribution in [-0.4, -0.2) is 0 Å². The lowest BCUT2D eigenvalue weighted by atomic mass is 10.0. The maximum Gasteiger partial charge on any atom is 0.140 e. The van der Waals surface area contributed by atoms with Crippen molar-refractivity contribution in [2.24, 2.45) is 0 Å². The summed E-state index contributed by atoms with van der Waals surface area (Å²) >= 11 is 5.84. The molecule has 0 amide bonds. The number of hydrogen-bond acceptors (Lipinski definition) is 1. The van der Waals surface area contributed by atoms with Crippen molar-refractivity contribution in [2.75, 3.05) is 0 Å². The van der Waals surface area contributed by atoms with Gasteiger partial charge >= 0.3 is 0 Å². The minimum Gasteiger partial charge on any atom is -0.485 e. The van der Waals surface area contributed by atoms with E-state index in [1.54, 1.807) is 18.7 Å². The Kier molecular flexibility index (Phi) is 2.52. The first-order valence-corrected chi connectivity index (χ1v) is 5.68. The number of fused-ring (bicyclic) bond motifs is 1. The molecule has 0 saturated carbocycles. The standard InChI is InChI=1S/C14H9ClFO/c15-11-3-1-9(2-4-11)13-8-12(16)7-10-5-6-17-14(10)13/h1-4,6-8H,5H2. The van der Waals surface area contributed by atoms with Gasteiger partial charge in [-0.25, -0.2) is 4.39 Å². The summed E-state index contributed by atoms with van der Waals surface area (Å²) in [7, 11) is 0. The van der Waals surface area contributed by atoms with Gasteiger partial charge in [0.25, 0.3) is 0 Å². The Hall–Kier alpha value is -1.54. The van der Waals surface area contributed by atoms with E-state index < -0.39 is 0 Å². The highest BCUT2D eigenvalue weighted by atomic mass is 35.5. The molecule has 0 aromatic heterocycles. The minimum atomic E-state index is -0.243. The molecule has 1 nitrogen and oxygen atoms in total. The number of ether oxygens (including phenoxy) is 1. The van der Waals surface area contributed by atoms with E-state index in [-0.39, 0.29) is 5.82 Å². The third kappa shape index (κ3) is 1.89. The molecule has 0 unspecified atom stereocenters. The lowest BCUT2D eigenvalue weighted by Gasteiger charge is -2.08. The maximum absolute atomic E-state index is 13.5. The van der Waals surface area contributed by atoms with Gasteiger partial charge in [-0.05, 0) is 29.8 Å². The molecule has 1 heterocycles. The third-order valence-corrected chi connectivity index (χ3v) is 3.04. The summed E-state index contributed by atoms with van der Waals surface area (Å²) in [5, 5.41) is 0.661. The van der Waals surface area contributed by atoms with E-state index in [9.17, 15) is 4.39 Å². The molecule has 1 aliphatic heterocycles. The second-order valence-corrected chi connectivity index (χ2v) is 4.37. The zero-order valence-electron chi connectivity index (χ0n) is 8.91. The lowest BCUT2D eigenvalue weighted by molar-refractivity contribution is 0.436. The van der Waals surface area contributed by atoms with Crippen LogP contribution in [0.2, 0.25) is 5.02 Å². The predicted octanol–water partition coefficient (Wildman–Crippen LogP) is 4.24. The molecule has 2 aromatic carbocycles. The van der Waals surface area contributed by atoms with Crippen LogP contribution in [0.15, 0.2) is 36.4 Å². The van der Waals surface area contributed by atoms with Crippen molar-refractivity contribution in [3.63, 3.8) is 0 Å². The first-order chi connectivity index (χ1) is 8.24. The van der Waals surface area contributed by atoms with Crippen molar-refractivity contribution in [3.05, 3.63) is 59.4 Å².